The number of hydrazone groups is 1. The second-order valence-corrected chi connectivity index (χ2v) is 6.26. The average molecular weight is 367 g/mol. The number of halogens is 1. The standard InChI is InChI=1S/C19H15ClN4S/c20-25-17-7-5-14(6-8-17)18-4-2-1-3-16(18)13-23-24-19(21)15-9-11-22-12-10-15/h1-13H,(H2,21,24). The van der Waals surface area contributed by atoms with Gasteiger partial charge in [0.25, 0.3) is 0 Å². The summed E-state index contributed by atoms with van der Waals surface area (Å²) >= 11 is 0. The Morgan fingerprint density at radius 1 is 1.04 bits per heavy atom. The van der Waals surface area contributed by atoms with Crippen molar-refractivity contribution in [1.82, 2.24) is 10.4 Å². The number of aromatic nitrogens is 1. The van der Waals surface area contributed by atoms with E-state index >= 15 is 0 Å². The normalized spacial score (nSPS) is 10.8. The fourth-order valence-electron chi connectivity index (χ4n) is 2.31. The van der Waals surface area contributed by atoms with Crippen LogP contribution in [0, 0.1) is 5.41 Å². The molecule has 2 N–H and O–H groups in total. The lowest BCUT2D eigenvalue weighted by molar-refractivity contribution is 1.02. The van der Waals surface area contributed by atoms with Crippen LogP contribution >= 0.6 is 21.7 Å². The van der Waals surface area contributed by atoms with E-state index in [0.29, 0.717) is 0 Å². The largest absolute Gasteiger partial charge is 0.283 e. The first-order valence-electron chi connectivity index (χ1n) is 7.54. The molecule has 0 radical (unpaired) electrons. The van der Waals surface area contributed by atoms with Crippen LogP contribution in [0.4, 0.5) is 0 Å². The molecule has 0 saturated carbocycles. The zero-order chi connectivity index (χ0) is 17.5. The Morgan fingerprint density at radius 2 is 1.76 bits per heavy atom. The summed E-state index contributed by atoms with van der Waals surface area (Å²) in [6.07, 6.45) is 5.01. The fraction of sp³-hybridized carbons (Fsp3) is 0. The maximum Gasteiger partial charge on any atom is 0.146 e. The van der Waals surface area contributed by atoms with Crippen LogP contribution in [-0.2, 0) is 0 Å². The third kappa shape index (κ3) is 4.47. The van der Waals surface area contributed by atoms with Gasteiger partial charge in [0.2, 0.25) is 0 Å². The molecule has 0 fully saturated rings. The van der Waals surface area contributed by atoms with Crippen molar-refractivity contribution in [3.63, 3.8) is 0 Å². The molecule has 0 saturated heterocycles. The van der Waals surface area contributed by atoms with Gasteiger partial charge in [-0.25, -0.2) is 0 Å². The molecule has 3 rings (SSSR count). The molecule has 25 heavy (non-hydrogen) atoms. The van der Waals surface area contributed by atoms with Gasteiger partial charge in [0.05, 0.1) is 6.21 Å². The van der Waals surface area contributed by atoms with Crippen LogP contribution in [0.5, 0.6) is 0 Å². The molecule has 0 aliphatic heterocycles. The van der Waals surface area contributed by atoms with Gasteiger partial charge < -0.3 is 0 Å². The Labute approximate surface area is 155 Å². The second kappa shape index (κ2) is 8.46. The van der Waals surface area contributed by atoms with Crippen LogP contribution in [0.15, 0.2) is 83.1 Å². The zero-order valence-corrected chi connectivity index (χ0v) is 14.8. The zero-order valence-electron chi connectivity index (χ0n) is 13.2. The third-order valence-corrected chi connectivity index (χ3v) is 4.55. The molecule has 6 heteroatoms. The topological polar surface area (TPSA) is 61.1 Å². The Kier molecular flexibility index (Phi) is 5.82. The number of nitrogens with one attached hydrogen (secondary N) is 2. The molecule has 124 valence electrons. The monoisotopic (exact) mass is 366 g/mol. The van der Waals surface area contributed by atoms with Crippen molar-refractivity contribution < 1.29 is 0 Å². The Balaban J connectivity index is 1.77. The van der Waals surface area contributed by atoms with Gasteiger partial charge in [-0.2, -0.15) is 5.10 Å². The molecule has 0 aliphatic rings. The lowest BCUT2D eigenvalue weighted by Gasteiger charge is -2.07. The Morgan fingerprint density at radius 3 is 2.48 bits per heavy atom. The minimum atomic E-state index is 0.222. The van der Waals surface area contributed by atoms with Crippen LogP contribution in [-0.4, -0.2) is 17.0 Å². The van der Waals surface area contributed by atoms with Crippen molar-refractivity contribution in [3.8, 4) is 11.1 Å². The lowest BCUT2D eigenvalue weighted by atomic mass is 10.0. The molecule has 1 aromatic heterocycles. The first kappa shape index (κ1) is 17.2. The predicted molar refractivity (Wildman–Crippen MR) is 105 cm³/mol. The average Bonchev–Trinajstić information content (AvgIpc) is 2.69. The lowest BCUT2D eigenvalue weighted by Crippen LogP contribution is -2.17. The molecule has 0 spiro atoms. The summed E-state index contributed by atoms with van der Waals surface area (Å²) in [5.41, 5.74) is 6.59. The first-order chi connectivity index (χ1) is 12.3. The molecule has 3 aromatic rings. The number of benzene rings is 2. The van der Waals surface area contributed by atoms with E-state index in [1.54, 1.807) is 30.7 Å². The number of rotatable bonds is 5. The minimum Gasteiger partial charge on any atom is -0.283 e. The van der Waals surface area contributed by atoms with E-state index in [1.807, 2.05) is 48.5 Å². The van der Waals surface area contributed by atoms with Gasteiger partial charge >= 0.3 is 0 Å². The summed E-state index contributed by atoms with van der Waals surface area (Å²) in [5, 5.41) is 12.2. The summed E-state index contributed by atoms with van der Waals surface area (Å²) in [6, 6.07) is 19.5. The van der Waals surface area contributed by atoms with Gasteiger partial charge in [0.15, 0.2) is 0 Å². The van der Waals surface area contributed by atoms with Gasteiger partial charge in [0, 0.05) is 28.4 Å². The number of hydrogen-bond donors (Lipinski definition) is 2. The van der Waals surface area contributed by atoms with Gasteiger partial charge in [-0.1, -0.05) is 36.4 Å². The minimum absolute atomic E-state index is 0.222. The highest BCUT2D eigenvalue weighted by molar-refractivity contribution is 8.21. The van der Waals surface area contributed by atoms with Gasteiger partial charge in [-0.05, 0) is 57.1 Å². The molecule has 1 heterocycles. The first-order valence-corrected chi connectivity index (χ1v) is 9.18. The van der Waals surface area contributed by atoms with Crippen molar-refractivity contribution in [3.05, 3.63) is 84.2 Å². The highest BCUT2D eigenvalue weighted by Gasteiger charge is 2.04. The number of hydrogen-bond acceptors (Lipinski definition) is 4. The molecular formula is C19H15ClN4S. The van der Waals surface area contributed by atoms with Gasteiger partial charge in [-0.3, -0.25) is 15.8 Å². The van der Waals surface area contributed by atoms with Gasteiger partial charge in [0.1, 0.15) is 5.84 Å². The molecule has 0 bridgehead atoms. The fourth-order valence-corrected chi connectivity index (χ4v) is 2.86. The highest BCUT2D eigenvalue weighted by atomic mass is 35.7. The smallest absolute Gasteiger partial charge is 0.146 e. The van der Waals surface area contributed by atoms with Crippen molar-refractivity contribution in [2.75, 3.05) is 0 Å². The van der Waals surface area contributed by atoms with E-state index in [0.717, 1.165) is 27.1 Å². The quantitative estimate of drug-likeness (QED) is 0.382. The maximum atomic E-state index is 7.99. The highest BCUT2D eigenvalue weighted by Crippen LogP contribution is 2.27. The van der Waals surface area contributed by atoms with Crippen LogP contribution in [0.1, 0.15) is 11.1 Å². The van der Waals surface area contributed by atoms with E-state index in [-0.39, 0.29) is 5.84 Å². The van der Waals surface area contributed by atoms with E-state index in [4.69, 9.17) is 16.1 Å². The van der Waals surface area contributed by atoms with E-state index in [9.17, 15) is 0 Å². The van der Waals surface area contributed by atoms with Crippen molar-refractivity contribution in [2.24, 2.45) is 5.10 Å². The van der Waals surface area contributed by atoms with Crippen LogP contribution in [0.2, 0.25) is 0 Å². The summed E-state index contributed by atoms with van der Waals surface area (Å²) < 4.78 is 0. The van der Waals surface area contributed by atoms with Crippen molar-refractivity contribution >= 4 is 33.7 Å². The number of pyridine rings is 1. The number of amidine groups is 1. The molecule has 0 unspecified atom stereocenters. The Hall–Kier alpha value is -2.63. The van der Waals surface area contributed by atoms with Crippen molar-refractivity contribution in [2.45, 2.75) is 4.90 Å². The molecule has 2 aromatic carbocycles. The second-order valence-electron chi connectivity index (χ2n) is 5.17. The summed E-state index contributed by atoms with van der Waals surface area (Å²) in [5.74, 6) is 0.222. The van der Waals surface area contributed by atoms with Crippen LogP contribution in [0.25, 0.3) is 11.1 Å². The summed E-state index contributed by atoms with van der Waals surface area (Å²) in [4.78, 5) is 4.94. The summed E-state index contributed by atoms with van der Waals surface area (Å²) in [6.45, 7) is 0. The van der Waals surface area contributed by atoms with Gasteiger partial charge in [-0.15, -0.1) is 0 Å². The number of nitrogens with zero attached hydrogens (tertiary/aromatic N) is 2. The maximum absolute atomic E-state index is 7.99. The Bertz CT molecular complexity index is 879. The molecule has 0 atom stereocenters. The van der Waals surface area contributed by atoms with E-state index in [1.165, 1.54) is 11.0 Å². The third-order valence-electron chi connectivity index (χ3n) is 3.56. The SMILES string of the molecule is N=C(NN=Cc1ccccc1-c1ccc(SCl)cc1)c1ccncc1. The van der Waals surface area contributed by atoms with E-state index < -0.39 is 0 Å². The molecule has 4 nitrogen and oxygen atoms in total. The van der Waals surface area contributed by atoms with E-state index in [2.05, 4.69) is 15.5 Å². The molecule has 0 amide bonds. The predicted octanol–water partition coefficient (Wildman–Crippen LogP) is 4.94. The van der Waals surface area contributed by atoms with Crippen LogP contribution < -0.4 is 5.43 Å². The summed E-state index contributed by atoms with van der Waals surface area (Å²) in [7, 11) is 6.97. The molecule has 0 aliphatic carbocycles. The molecular weight excluding hydrogens is 352 g/mol. The van der Waals surface area contributed by atoms with Crippen LogP contribution in [0.3, 0.4) is 0 Å². The van der Waals surface area contributed by atoms with Crippen molar-refractivity contribution in [1.29, 1.82) is 5.41 Å².